The van der Waals surface area contributed by atoms with E-state index in [-0.39, 0.29) is 16.4 Å². The number of ether oxygens (including phenoxy) is 1. The monoisotopic (exact) mass is 391 g/mol. The number of amides is 1. The van der Waals surface area contributed by atoms with Crippen molar-refractivity contribution in [2.75, 3.05) is 11.9 Å². The number of nitrogens with zero attached hydrogens (tertiary/aromatic N) is 2. The molecule has 0 bridgehead atoms. The summed E-state index contributed by atoms with van der Waals surface area (Å²) in [5.74, 6) is -1.22. The lowest BCUT2D eigenvalue weighted by Crippen LogP contribution is -2.20. The summed E-state index contributed by atoms with van der Waals surface area (Å²) in [5.41, 5.74) is 0.736. The molecule has 1 N–H and O–H groups in total. The van der Waals surface area contributed by atoms with Crippen molar-refractivity contribution in [1.82, 2.24) is 4.98 Å². The molecule has 2 aromatic carbocycles. The van der Waals surface area contributed by atoms with Gasteiger partial charge in [0, 0.05) is 17.2 Å². The van der Waals surface area contributed by atoms with Crippen LogP contribution in [-0.2, 0) is 9.53 Å². The summed E-state index contributed by atoms with van der Waals surface area (Å²) in [7, 11) is 0. The zero-order chi connectivity index (χ0) is 18.7. The highest BCUT2D eigenvalue weighted by Gasteiger charge is 2.14. The third-order valence-electron chi connectivity index (χ3n) is 3.24. The number of hydrogen-bond acceptors (Lipinski definition) is 7. The van der Waals surface area contributed by atoms with Crippen LogP contribution in [0.4, 0.5) is 10.8 Å². The molecule has 0 saturated carbocycles. The number of nitro groups is 1. The van der Waals surface area contributed by atoms with Gasteiger partial charge in [0.2, 0.25) is 0 Å². The van der Waals surface area contributed by atoms with Crippen LogP contribution in [0.1, 0.15) is 10.4 Å². The Hall–Kier alpha value is -3.04. The van der Waals surface area contributed by atoms with Crippen LogP contribution >= 0.6 is 22.9 Å². The molecule has 1 amide bonds. The summed E-state index contributed by atoms with van der Waals surface area (Å²) in [5, 5.41) is 14.0. The second-order valence-electron chi connectivity index (χ2n) is 5.06. The molecule has 0 aliphatic rings. The molecular formula is C16H10ClN3O5S. The normalized spacial score (nSPS) is 10.5. The van der Waals surface area contributed by atoms with Crippen LogP contribution in [0, 0.1) is 10.1 Å². The Bertz CT molecular complexity index is 1000. The third kappa shape index (κ3) is 4.13. The number of nitrogens with one attached hydrogen (secondary N) is 1. The zero-order valence-corrected chi connectivity index (χ0v) is 14.5. The number of halogens is 1. The predicted octanol–water partition coefficient (Wildman–Crippen LogP) is 3.65. The van der Waals surface area contributed by atoms with Crippen LogP contribution in [0.3, 0.4) is 0 Å². The van der Waals surface area contributed by atoms with Crippen LogP contribution in [0.15, 0.2) is 42.5 Å². The number of nitro benzene ring substituents is 1. The molecule has 0 atom stereocenters. The van der Waals surface area contributed by atoms with Gasteiger partial charge in [0.25, 0.3) is 11.6 Å². The van der Waals surface area contributed by atoms with Crippen LogP contribution in [0.25, 0.3) is 10.2 Å². The molecule has 0 aliphatic heterocycles. The number of non-ortho nitro benzene ring substituents is 1. The van der Waals surface area contributed by atoms with Crippen molar-refractivity contribution in [3.05, 3.63) is 63.2 Å². The number of carbonyl (C=O) groups excluding carboxylic acids is 2. The number of rotatable bonds is 5. The van der Waals surface area contributed by atoms with E-state index in [2.05, 4.69) is 10.3 Å². The summed E-state index contributed by atoms with van der Waals surface area (Å²) >= 11 is 6.82. The summed E-state index contributed by atoms with van der Waals surface area (Å²) in [4.78, 5) is 38.2. The van der Waals surface area contributed by atoms with Crippen molar-refractivity contribution in [2.24, 2.45) is 0 Å². The molecule has 132 valence electrons. The molecule has 0 saturated heterocycles. The van der Waals surface area contributed by atoms with Crippen LogP contribution in [0.5, 0.6) is 0 Å². The molecule has 0 unspecified atom stereocenters. The van der Waals surface area contributed by atoms with Crippen LogP contribution in [0.2, 0.25) is 5.02 Å². The van der Waals surface area contributed by atoms with E-state index in [1.54, 1.807) is 12.1 Å². The van der Waals surface area contributed by atoms with E-state index in [0.29, 0.717) is 15.2 Å². The quantitative estimate of drug-likeness (QED) is 0.403. The smallest absolute Gasteiger partial charge is 0.338 e. The van der Waals surface area contributed by atoms with E-state index < -0.39 is 23.4 Å². The minimum Gasteiger partial charge on any atom is -0.452 e. The zero-order valence-electron chi connectivity index (χ0n) is 13.0. The van der Waals surface area contributed by atoms with E-state index in [9.17, 15) is 19.7 Å². The number of fused-ring (bicyclic) bond motifs is 1. The van der Waals surface area contributed by atoms with Gasteiger partial charge >= 0.3 is 5.97 Å². The first kappa shape index (κ1) is 17.8. The molecule has 3 rings (SSSR count). The lowest BCUT2D eigenvalue weighted by atomic mass is 10.2. The Labute approximate surface area is 155 Å². The minimum atomic E-state index is -0.656. The highest BCUT2D eigenvalue weighted by atomic mass is 35.5. The number of aromatic nitrogens is 1. The Balaban J connectivity index is 1.61. The fraction of sp³-hybridized carbons (Fsp3) is 0.0625. The molecule has 1 heterocycles. The average molecular weight is 392 g/mol. The Kier molecular flexibility index (Phi) is 5.10. The first-order valence-electron chi connectivity index (χ1n) is 7.20. The second-order valence-corrected chi connectivity index (χ2v) is 6.53. The maximum Gasteiger partial charge on any atom is 0.338 e. The van der Waals surface area contributed by atoms with Crippen LogP contribution in [-0.4, -0.2) is 28.4 Å². The summed E-state index contributed by atoms with van der Waals surface area (Å²) < 4.78 is 5.48. The highest BCUT2D eigenvalue weighted by molar-refractivity contribution is 7.22. The number of carbonyl (C=O) groups is 2. The van der Waals surface area contributed by atoms with Gasteiger partial charge in [0.05, 0.1) is 20.7 Å². The summed E-state index contributed by atoms with van der Waals surface area (Å²) in [6.45, 7) is -0.489. The second kappa shape index (κ2) is 7.46. The van der Waals surface area contributed by atoms with Gasteiger partial charge in [-0.15, -0.1) is 0 Å². The SMILES string of the molecule is O=C(COC(=O)c1ccc(Cl)cc1)Nc1nc2ccc([N+](=O)[O-])cc2s1. The van der Waals surface area contributed by atoms with Crippen molar-refractivity contribution in [2.45, 2.75) is 0 Å². The van der Waals surface area contributed by atoms with Gasteiger partial charge < -0.3 is 4.74 Å². The summed E-state index contributed by atoms with van der Waals surface area (Å²) in [6, 6.07) is 10.3. The minimum absolute atomic E-state index is 0.0593. The highest BCUT2D eigenvalue weighted by Crippen LogP contribution is 2.29. The van der Waals surface area contributed by atoms with E-state index in [1.165, 1.54) is 30.3 Å². The third-order valence-corrected chi connectivity index (χ3v) is 4.43. The van der Waals surface area contributed by atoms with Gasteiger partial charge in [-0.1, -0.05) is 22.9 Å². The van der Waals surface area contributed by atoms with Gasteiger partial charge in [0.1, 0.15) is 0 Å². The first-order chi connectivity index (χ1) is 12.4. The fourth-order valence-corrected chi connectivity index (χ4v) is 3.08. The number of hydrogen-bond donors (Lipinski definition) is 1. The first-order valence-corrected chi connectivity index (χ1v) is 8.39. The lowest BCUT2D eigenvalue weighted by Gasteiger charge is -2.04. The maximum absolute atomic E-state index is 11.9. The Morgan fingerprint density at radius 2 is 1.96 bits per heavy atom. The van der Waals surface area contributed by atoms with E-state index >= 15 is 0 Å². The standard InChI is InChI=1S/C16H10ClN3O5S/c17-10-3-1-9(2-4-10)15(22)25-8-14(21)19-16-18-12-6-5-11(20(23)24)7-13(12)26-16/h1-7H,8H2,(H,18,19,21). The van der Waals surface area contributed by atoms with Crippen molar-refractivity contribution < 1.29 is 19.2 Å². The van der Waals surface area contributed by atoms with E-state index in [0.717, 1.165) is 11.3 Å². The Morgan fingerprint density at radius 3 is 2.65 bits per heavy atom. The molecule has 8 nitrogen and oxygen atoms in total. The number of benzene rings is 2. The van der Waals surface area contributed by atoms with Gasteiger partial charge in [-0.2, -0.15) is 0 Å². The van der Waals surface area contributed by atoms with Crippen molar-refractivity contribution >= 4 is 55.8 Å². The van der Waals surface area contributed by atoms with Crippen molar-refractivity contribution in [1.29, 1.82) is 0 Å². The molecule has 26 heavy (non-hydrogen) atoms. The predicted molar refractivity (Wildman–Crippen MR) is 96.6 cm³/mol. The van der Waals surface area contributed by atoms with Gasteiger partial charge in [-0.3, -0.25) is 20.2 Å². The van der Waals surface area contributed by atoms with Crippen molar-refractivity contribution in [3.63, 3.8) is 0 Å². The lowest BCUT2D eigenvalue weighted by molar-refractivity contribution is -0.384. The molecule has 3 aromatic rings. The molecule has 0 fully saturated rings. The van der Waals surface area contributed by atoms with Gasteiger partial charge in [0.15, 0.2) is 11.7 Å². The number of esters is 1. The topological polar surface area (TPSA) is 111 Å². The van der Waals surface area contributed by atoms with E-state index in [4.69, 9.17) is 16.3 Å². The maximum atomic E-state index is 11.9. The van der Waals surface area contributed by atoms with Crippen molar-refractivity contribution in [3.8, 4) is 0 Å². The molecule has 10 heteroatoms. The molecular weight excluding hydrogens is 382 g/mol. The molecule has 0 spiro atoms. The number of thiazole rings is 1. The molecule has 0 aliphatic carbocycles. The van der Waals surface area contributed by atoms with Gasteiger partial charge in [-0.05, 0) is 30.3 Å². The number of anilines is 1. The fourth-order valence-electron chi connectivity index (χ4n) is 2.04. The summed E-state index contributed by atoms with van der Waals surface area (Å²) in [6.07, 6.45) is 0. The Morgan fingerprint density at radius 1 is 1.23 bits per heavy atom. The van der Waals surface area contributed by atoms with E-state index in [1.807, 2.05) is 0 Å². The largest absolute Gasteiger partial charge is 0.452 e. The molecule has 1 aromatic heterocycles. The van der Waals surface area contributed by atoms with Gasteiger partial charge in [-0.25, -0.2) is 9.78 Å². The molecule has 0 radical (unpaired) electrons. The average Bonchev–Trinajstić information content (AvgIpc) is 3.01. The van der Waals surface area contributed by atoms with Crippen LogP contribution < -0.4 is 5.32 Å².